The standard InChI is InChI=1S/C24H17BrCl2N2O2/c1-15-20(26)7-4-8-22(15)29-24(30)18(13-28)11-16-9-10-23(21(27)12-16)31-14-17-5-2-3-6-19(17)25/h2-12H,14H2,1H3,(H,29,30)/b18-11+. The maximum absolute atomic E-state index is 12.5. The molecule has 0 unspecified atom stereocenters. The molecule has 0 aliphatic rings. The molecule has 0 aliphatic heterocycles. The van der Waals surface area contributed by atoms with Crippen LogP contribution >= 0.6 is 39.1 Å². The predicted octanol–water partition coefficient (Wildman–Crippen LogP) is 7.19. The fourth-order valence-corrected chi connectivity index (χ4v) is 3.56. The summed E-state index contributed by atoms with van der Waals surface area (Å²) < 4.78 is 6.75. The van der Waals surface area contributed by atoms with E-state index in [1.165, 1.54) is 6.08 Å². The van der Waals surface area contributed by atoms with Gasteiger partial charge in [-0.15, -0.1) is 0 Å². The van der Waals surface area contributed by atoms with Crippen LogP contribution in [-0.2, 0) is 11.4 Å². The highest BCUT2D eigenvalue weighted by Gasteiger charge is 2.13. The second kappa shape index (κ2) is 10.5. The maximum Gasteiger partial charge on any atom is 0.266 e. The summed E-state index contributed by atoms with van der Waals surface area (Å²) in [6, 6.07) is 19.9. The molecule has 0 bridgehead atoms. The van der Waals surface area contributed by atoms with E-state index in [1.54, 1.807) is 43.3 Å². The van der Waals surface area contributed by atoms with Crippen molar-refractivity contribution < 1.29 is 9.53 Å². The van der Waals surface area contributed by atoms with E-state index in [4.69, 9.17) is 27.9 Å². The number of nitriles is 1. The first kappa shape index (κ1) is 22.9. The molecule has 0 heterocycles. The van der Waals surface area contributed by atoms with Gasteiger partial charge in [0.25, 0.3) is 5.91 Å². The average Bonchev–Trinajstić information content (AvgIpc) is 2.75. The zero-order chi connectivity index (χ0) is 22.4. The van der Waals surface area contributed by atoms with Gasteiger partial charge in [0.2, 0.25) is 0 Å². The minimum atomic E-state index is -0.529. The first-order valence-corrected chi connectivity index (χ1v) is 10.8. The van der Waals surface area contributed by atoms with E-state index in [-0.39, 0.29) is 5.57 Å². The van der Waals surface area contributed by atoms with Crippen molar-refractivity contribution in [3.05, 3.63) is 97.4 Å². The van der Waals surface area contributed by atoms with Crippen molar-refractivity contribution in [1.29, 1.82) is 5.26 Å². The van der Waals surface area contributed by atoms with E-state index in [1.807, 2.05) is 30.3 Å². The van der Waals surface area contributed by atoms with E-state index in [0.29, 0.717) is 33.7 Å². The summed E-state index contributed by atoms with van der Waals surface area (Å²) in [7, 11) is 0. The molecule has 1 N–H and O–H groups in total. The van der Waals surface area contributed by atoms with Crippen LogP contribution in [0.1, 0.15) is 16.7 Å². The maximum atomic E-state index is 12.5. The molecule has 0 atom stereocenters. The van der Waals surface area contributed by atoms with Crippen molar-refractivity contribution in [1.82, 2.24) is 0 Å². The Kier molecular flexibility index (Phi) is 7.75. The molecule has 156 valence electrons. The number of carbonyl (C=O) groups is 1. The van der Waals surface area contributed by atoms with Crippen molar-refractivity contribution in [2.24, 2.45) is 0 Å². The van der Waals surface area contributed by atoms with E-state index >= 15 is 0 Å². The van der Waals surface area contributed by atoms with Crippen LogP contribution in [0.5, 0.6) is 5.75 Å². The van der Waals surface area contributed by atoms with E-state index in [2.05, 4.69) is 21.2 Å². The number of nitrogens with zero attached hydrogens (tertiary/aromatic N) is 1. The average molecular weight is 516 g/mol. The minimum absolute atomic E-state index is 0.0580. The highest BCUT2D eigenvalue weighted by Crippen LogP contribution is 2.29. The smallest absolute Gasteiger partial charge is 0.266 e. The van der Waals surface area contributed by atoms with Crippen molar-refractivity contribution in [3.63, 3.8) is 0 Å². The lowest BCUT2D eigenvalue weighted by Crippen LogP contribution is -2.14. The molecular formula is C24H17BrCl2N2O2. The van der Waals surface area contributed by atoms with Gasteiger partial charge in [-0.05, 0) is 54.5 Å². The largest absolute Gasteiger partial charge is 0.487 e. The van der Waals surface area contributed by atoms with Crippen LogP contribution in [0.15, 0.2) is 70.7 Å². The molecule has 0 radical (unpaired) electrons. The molecule has 3 rings (SSSR count). The summed E-state index contributed by atoms with van der Waals surface area (Å²) in [6.45, 7) is 2.14. The van der Waals surface area contributed by atoms with E-state index in [9.17, 15) is 10.1 Å². The van der Waals surface area contributed by atoms with Gasteiger partial charge in [-0.2, -0.15) is 5.26 Å². The topological polar surface area (TPSA) is 62.1 Å². The van der Waals surface area contributed by atoms with Crippen LogP contribution < -0.4 is 10.1 Å². The van der Waals surface area contributed by atoms with Crippen LogP contribution in [0, 0.1) is 18.3 Å². The first-order valence-electron chi connectivity index (χ1n) is 9.23. The second-order valence-corrected chi connectivity index (χ2v) is 8.28. The molecule has 0 fully saturated rings. The van der Waals surface area contributed by atoms with Gasteiger partial charge < -0.3 is 10.1 Å². The lowest BCUT2D eigenvalue weighted by molar-refractivity contribution is -0.112. The van der Waals surface area contributed by atoms with Gasteiger partial charge in [-0.3, -0.25) is 4.79 Å². The Bertz CT molecular complexity index is 1200. The van der Waals surface area contributed by atoms with Crippen molar-refractivity contribution in [3.8, 4) is 11.8 Å². The Hall–Kier alpha value is -2.78. The molecule has 0 aliphatic carbocycles. The number of halogens is 3. The number of amides is 1. The van der Waals surface area contributed by atoms with Gasteiger partial charge in [-0.1, -0.05) is 69.5 Å². The molecule has 0 saturated carbocycles. The Labute approximate surface area is 199 Å². The summed E-state index contributed by atoms with van der Waals surface area (Å²) in [4.78, 5) is 12.5. The van der Waals surface area contributed by atoms with Crippen LogP contribution in [-0.4, -0.2) is 5.91 Å². The SMILES string of the molecule is Cc1c(Cl)cccc1NC(=O)/C(C#N)=C/c1ccc(OCc2ccccc2Br)c(Cl)c1. The number of rotatable bonds is 6. The van der Waals surface area contributed by atoms with Crippen molar-refractivity contribution >= 4 is 56.8 Å². The van der Waals surface area contributed by atoms with E-state index < -0.39 is 5.91 Å². The lowest BCUT2D eigenvalue weighted by Gasteiger charge is -2.10. The van der Waals surface area contributed by atoms with Gasteiger partial charge in [0.15, 0.2) is 0 Å². The predicted molar refractivity (Wildman–Crippen MR) is 128 cm³/mol. The quantitative estimate of drug-likeness (QED) is 0.279. The first-order chi connectivity index (χ1) is 14.9. The molecule has 3 aromatic rings. The van der Waals surface area contributed by atoms with Crippen LogP contribution in [0.3, 0.4) is 0 Å². The summed E-state index contributed by atoms with van der Waals surface area (Å²) >= 11 is 15.9. The summed E-state index contributed by atoms with van der Waals surface area (Å²) in [6.07, 6.45) is 1.47. The highest BCUT2D eigenvalue weighted by molar-refractivity contribution is 9.10. The number of carbonyl (C=O) groups excluding carboxylic acids is 1. The monoisotopic (exact) mass is 514 g/mol. The molecule has 7 heteroatoms. The third kappa shape index (κ3) is 5.89. The number of ether oxygens (including phenoxy) is 1. The van der Waals surface area contributed by atoms with Crippen LogP contribution in [0.4, 0.5) is 5.69 Å². The Morgan fingerprint density at radius 1 is 1.13 bits per heavy atom. The molecule has 31 heavy (non-hydrogen) atoms. The lowest BCUT2D eigenvalue weighted by atomic mass is 10.1. The Morgan fingerprint density at radius 2 is 1.90 bits per heavy atom. The molecule has 0 saturated heterocycles. The molecule has 0 aromatic heterocycles. The molecule has 3 aromatic carbocycles. The zero-order valence-corrected chi connectivity index (χ0v) is 19.6. The highest BCUT2D eigenvalue weighted by atomic mass is 79.9. The van der Waals surface area contributed by atoms with E-state index in [0.717, 1.165) is 15.6 Å². The van der Waals surface area contributed by atoms with Gasteiger partial charge in [-0.25, -0.2) is 0 Å². The summed E-state index contributed by atoms with van der Waals surface area (Å²) in [5.74, 6) is -0.0228. The van der Waals surface area contributed by atoms with Crippen molar-refractivity contribution in [2.45, 2.75) is 13.5 Å². The summed E-state index contributed by atoms with van der Waals surface area (Å²) in [5, 5.41) is 13.1. The van der Waals surface area contributed by atoms with Crippen LogP contribution in [0.25, 0.3) is 6.08 Å². The third-order valence-electron chi connectivity index (χ3n) is 4.49. The third-order valence-corrected chi connectivity index (χ3v) is 5.97. The molecule has 1 amide bonds. The van der Waals surface area contributed by atoms with Gasteiger partial charge in [0.1, 0.15) is 24.0 Å². The number of benzene rings is 3. The normalized spacial score (nSPS) is 11.0. The molecule has 4 nitrogen and oxygen atoms in total. The van der Waals surface area contributed by atoms with Gasteiger partial charge >= 0.3 is 0 Å². The second-order valence-electron chi connectivity index (χ2n) is 6.61. The fraction of sp³-hybridized carbons (Fsp3) is 0.0833. The van der Waals surface area contributed by atoms with Crippen LogP contribution in [0.2, 0.25) is 10.0 Å². The number of anilines is 1. The molecular weight excluding hydrogens is 499 g/mol. The van der Waals surface area contributed by atoms with Gasteiger partial charge in [0.05, 0.1) is 5.02 Å². The fourth-order valence-electron chi connectivity index (χ4n) is 2.74. The zero-order valence-electron chi connectivity index (χ0n) is 16.5. The minimum Gasteiger partial charge on any atom is -0.487 e. The molecule has 0 spiro atoms. The van der Waals surface area contributed by atoms with Gasteiger partial charge in [0, 0.05) is 20.7 Å². The number of hydrogen-bond acceptors (Lipinski definition) is 3. The summed E-state index contributed by atoms with van der Waals surface area (Å²) in [5.41, 5.74) is 2.81. The Morgan fingerprint density at radius 3 is 2.61 bits per heavy atom. The Balaban J connectivity index is 1.74. The number of nitrogens with one attached hydrogen (secondary N) is 1. The number of hydrogen-bond donors (Lipinski definition) is 1. The van der Waals surface area contributed by atoms with Crippen molar-refractivity contribution in [2.75, 3.05) is 5.32 Å².